The number of aromatic nitrogens is 2. The van der Waals surface area contributed by atoms with Crippen LogP contribution >= 0.6 is 15.9 Å². The van der Waals surface area contributed by atoms with E-state index in [-0.39, 0.29) is 0 Å². The third-order valence-electron chi connectivity index (χ3n) is 5.38. The molecule has 0 unspecified atom stereocenters. The second kappa shape index (κ2) is 9.50. The van der Waals surface area contributed by atoms with Gasteiger partial charge in [0.1, 0.15) is 11.5 Å². The summed E-state index contributed by atoms with van der Waals surface area (Å²) in [5.41, 5.74) is 2.22. The summed E-state index contributed by atoms with van der Waals surface area (Å²) >= 11 is 3.51. The molecule has 1 aromatic carbocycles. The predicted molar refractivity (Wildman–Crippen MR) is 119 cm³/mol. The molecule has 2 aromatic heterocycles. The molecule has 0 radical (unpaired) electrons. The van der Waals surface area contributed by atoms with Crippen molar-refractivity contribution in [3.8, 4) is 11.5 Å². The number of para-hydroxylation sites is 2. The first-order valence-corrected chi connectivity index (χ1v) is 10.9. The van der Waals surface area contributed by atoms with Crippen LogP contribution in [0.15, 0.2) is 53.3 Å². The third kappa shape index (κ3) is 4.85. The summed E-state index contributed by atoms with van der Waals surface area (Å²) < 4.78 is 14.2. The molecule has 154 valence electrons. The van der Waals surface area contributed by atoms with Gasteiger partial charge in [0.15, 0.2) is 0 Å². The number of benzene rings is 1. The number of hydrogen-bond acceptors (Lipinski definition) is 5. The zero-order valence-electron chi connectivity index (χ0n) is 16.8. The maximum atomic E-state index is 5.93. The van der Waals surface area contributed by atoms with Gasteiger partial charge in [0.05, 0.1) is 35.6 Å². The Kier molecular flexibility index (Phi) is 6.56. The van der Waals surface area contributed by atoms with Crippen molar-refractivity contribution in [1.82, 2.24) is 14.5 Å². The van der Waals surface area contributed by atoms with E-state index in [1.165, 1.54) is 5.69 Å². The van der Waals surface area contributed by atoms with Crippen LogP contribution in [0.25, 0.3) is 5.52 Å². The van der Waals surface area contributed by atoms with Gasteiger partial charge in [-0.25, -0.2) is 4.52 Å². The molecule has 29 heavy (non-hydrogen) atoms. The van der Waals surface area contributed by atoms with Crippen LogP contribution in [0, 0.1) is 0 Å². The lowest BCUT2D eigenvalue weighted by molar-refractivity contribution is 0.238. The molecule has 0 aliphatic carbocycles. The predicted octanol–water partition coefficient (Wildman–Crippen LogP) is 4.09. The van der Waals surface area contributed by atoms with E-state index in [0.29, 0.717) is 0 Å². The SMILES string of the molecule is COc1ccccc1N1CCN(CCCCOc2ccn3ncc(Br)c3c2)CC1. The van der Waals surface area contributed by atoms with E-state index in [9.17, 15) is 0 Å². The number of unbranched alkanes of at least 4 members (excludes halogenated alkanes) is 1. The Balaban J connectivity index is 1.17. The average molecular weight is 459 g/mol. The molecule has 1 aliphatic rings. The maximum absolute atomic E-state index is 5.93. The van der Waals surface area contributed by atoms with Crippen LogP contribution in [0.1, 0.15) is 12.8 Å². The molecule has 1 saturated heterocycles. The molecule has 0 N–H and O–H groups in total. The van der Waals surface area contributed by atoms with Crippen molar-refractivity contribution in [2.24, 2.45) is 0 Å². The molecule has 0 bridgehead atoms. The van der Waals surface area contributed by atoms with Crippen LogP contribution in [-0.2, 0) is 0 Å². The Morgan fingerprint density at radius 1 is 1.07 bits per heavy atom. The fraction of sp³-hybridized carbons (Fsp3) is 0.409. The van der Waals surface area contributed by atoms with Gasteiger partial charge in [-0.15, -0.1) is 0 Å². The van der Waals surface area contributed by atoms with Crippen LogP contribution in [0.2, 0.25) is 0 Å². The zero-order valence-corrected chi connectivity index (χ0v) is 18.3. The number of piperazine rings is 1. The van der Waals surface area contributed by atoms with Crippen molar-refractivity contribution in [2.45, 2.75) is 12.8 Å². The number of methoxy groups -OCH3 is 1. The minimum absolute atomic E-state index is 0.739. The molecule has 0 saturated carbocycles. The molecular weight excluding hydrogens is 432 g/mol. The topological polar surface area (TPSA) is 42.2 Å². The number of fused-ring (bicyclic) bond motifs is 1. The van der Waals surface area contributed by atoms with Crippen LogP contribution < -0.4 is 14.4 Å². The Labute approximate surface area is 180 Å². The lowest BCUT2D eigenvalue weighted by atomic mass is 10.2. The summed E-state index contributed by atoms with van der Waals surface area (Å²) in [5.74, 6) is 1.85. The zero-order chi connectivity index (χ0) is 20.1. The largest absolute Gasteiger partial charge is 0.495 e. The van der Waals surface area contributed by atoms with Gasteiger partial charge in [0, 0.05) is 38.4 Å². The number of halogens is 1. The highest BCUT2D eigenvalue weighted by molar-refractivity contribution is 9.10. The summed E-state index contributed by atoms with van der Waals surface area (Å²) in [6, 6.07) is 12.3. The van der Waals surface area contributed by atoms with Gasteiger partial charge >= 0.3 is 0 Å². The Morgan fingerprint density at radius 2 is 1.90 bits per heavy atom. The molecule has 1 fully saturated rings. The van der Waals surface area contributed by atoms with Gasteiger partial charge in [-0.3, -0.25) is 4.90 Å². The summed E-state index contributed by atoms with van der Waals surface area (Å²) in [6.45, 7) is 6.11. The van der Waals surface area contributed by atoms with E-state index in [1.54, 1.807) is 13.3 Å². The van der Waals surface area contributed by atoms with E-state index < -0.39 is 0 Å². The van der Waals surface area contributed by atoms with Gasteiger partial charge in [-0.05, 0) is 53.5 Å². The summed E-state index contributed by atoms with van der Waals surface area (Å²) in [7, 11) is 1.74. The molecule has 1 aliphatic heterocycles. The molecule has 3 heterocycles. The van der Waals surface area contributed by atoms with Crippen LogP contribution in [0.3, 0.4) is 0 Å². The monoisotopic (exact) mass is 458 g/mol. The molecular formula is C22H27BrN4O2. The Hall–Kier alpha value is -2.25. The van der Waals surface area contributed by atoms with E-state index in [2.05, 4.69) is 43.0 Å². The number of pyridine rings is 1. The number of nitrogens with zero attached hydrogens (tertiary/aromatic N) is 4. The Morgan fingerprint density at radius 3 is 2.72 bits per heavy atom. The number of hydrogen-bond donors (Lipinski definition) is 0. The highest BCUT2D eigenvalue weighted by Crippen LogP contribution is 2.28. The lowest BCUT2D eigenvalue weighted by Crippen LogP contribution is -2.46. The first-order valence-electron chi connectivity index (χ1n) is 10.1. The van der Waals surface area contributed by atoms with Gasteiger partial charge in [-0.1, -0.05) is 12.1 Å². The van der Waals surface area contributed by atoms with E-state index in [4.69, 9.17) is 9.47 Å². The molecule has 3 aromatic rings. The number of ether oxygens (including phenoxy) is 2. The van der Waals surface area contributed by atoms with Crippen molar-refractivity contribution in [3.05, 3.63) is 53.3 Å². The highest BCUT2D eigenvalue weighted by Gasteiger charge is 2.19. The van der Waals surface area contributed by atoms with Crippen molar-refractivity contribution in [2.75, 3.05) is 51.3 Å². The van der Waals surface area contributed by atoms with Gasteiger partial charge in [-0.2, -0.15) is 5.10 Å². The summed E-state index contributed by atoms with van der Waals surface area (Å²) in [6.07, 6.45) is 5.93. The second-order valence-corrected chi connectivity index (χ2v) is 8.10. The third-order valence-corrected chi connectivity index (χ3v) is 5.99. The minimum atomic E-state index is 0.739. The van der Waals surface area contributed by atoms with E-state index in [0.717, 1.165) is 73.7 Å². The first kappa shape index (κ1) is 20.0. The standard InChI is InChI=1S/C22H27BrN4O2/c1-28-22-7-3-2-6-20(22)26-13-11-25(12-14-26)9-4-5-15-29-18-8-10-27-21(16-18)19(23)17-24-27/h2-3,6-8,10,16-17H,4-5,9,11-15H2,1H3. The van der Waals surface area contributed by atoms with E-state index >= 15 is 0 Å². The van der Waals surface area contributed by atoms with Crippen molar-refractivity contribution < 1.29 is 9.47 Å². The number of rotatable bonds is 8. The van der Waals surface area contributed by atoms with Crippen molar-refractivity contribution in [1.29, 1.82) is 0 Å². The van der Waals surface area contributed by atoms with Crippen LogP contribution in [-0.4, -0.2) is 61.0 Å². The minimum Gasteiger partial charge on any atom is -0.495 e. The normalized spacial score (nSPS) is 15.0. The van der Waals surface area contributed by atoms with Gasteiger partial charge < -0.3 is 14.4 Å². The molecule has 6 nitrogen and oxygen atoms in total. The van der Waals surface area contributed by atoms with Crippen LogP contribution in [0.4, 0.5) is 5.69 Å². The highest BCUT2D eigenvalue weighted by atomic mass is 79.9. The van der Waals surface area contributed by atoms with Gasteiger partial charge in [0.25, 0.3) is 0 Å². The van der Waals surface area contributed by atoms with Crippen molar-refractivity contribution in [3.63, 3.8) is 0 Å². The maximum Gasteiger partial charge on any atom is 0.142 e. The fourth-order valence-corrected chi connectivity index (χ4v) is 4.14. The summed E-state index contributed by atoms with van der Waals surface area (Å²) in [5, 5.41) is 4.25. The smallest absolute Gasteiger partial charge is 0.142 e. The first-order chi connectivity index (χ1) is 14.2. The van der Waals surface area contributed by atoms with Crippen LogP contribution in [0.5, 0.6) is 11.5 Å². The molecule has 0 amide bonds. The molecule has 0 atom stereocenters. The number of anilines is 1. The van der Waals surface area contributed by atoms with Crippen molar-refractivity contribution >= 4 is 27.1 Å². The molecule has 7 heteroatoms. The molecule has 0 spiro atoms. The second-order valence-electron chi connectivity index (χ2n) is 7.24. The Bertz CT molecular complexity index is 937. The quantitative estimate of drug-likeness (QED) is 0.475. The summed E-state index contributed by atoms with van der Waals surface area (Å²) in [4.78, 5) is 4.96. The van der Waals surface area contributed by atoms with Gasteiger partial charge in [0.2, 0.25) is 0 Å². The average Bonchev–Trinajstić information content (AvgIpc) is 3.14. The van der Waals surface area contributed by atoms with E-state index in [1.807, 2.05) is 35.0 Å². The fourth-order valence-electron chi connectivity index (χ4n) is 3.75. The lowest BCUT2D eigenvalue weighted by Gasteiger charge is -2.36. The molecule has 4 rings (SSSR count).